The first-order chi connectivity index (χ1) is 8.62. The number of ether oxygens (including phenoxy) is 1. The van der Waals surface area contributed by atoms with Gasteiger partial charge in [-0.25, -0.2) is 0 Å². The molecule has 2 fully saturated rings. The van der Waals surface area contributed by atoms with Crippen LogP contribution in [0.3, 0.4) is 0 Å². The molecule has 2 unspecified atom stereocenters. The molecule has 1 heterocycles. The highest BCUT2D eigenvalue weighted by molar-refractivity contribution is 5.03. The molecule has 0 aromatic rings. The topological polar surface area (TPSA) is 41.7 Å². The molecular weight excluding hydrogens is 226 g/mol. The van der Waals surface area contributed by atoms with Gasteiger partial charge in [0.2, 0.25) is 0 Å². The molecule has 0 aromatic carbocycles. The fraction of sp³-hybridized carbons (Fsp3) is 1.00. The Balaban J connectivity index is 1.96. The Bertz CT molecular complexity index is 270. The van der Waals surface area contributed by atoms with E-state index in [-0.39, 0.29) is 5.54 Å². The Morgan fingerprint density at radius 3 is 2.56 bits per heavy atom. The summed E-state index contributed by atoms with van der Waals surface area (Å²) < 4.78 is 5.47. The number of hydrogen-bond acceptors (Lipinski definition) is 4. The highest BCUT2D eigenvalue weighted by atomic mass is 16.5. The molecule has 0 spiro atoms. The maximum atomic E-state index is 6.11. The molecule has 106 valence electrons. The molecule has 1 saturated carbocycles. The average Bonchev–Trinajstić information content (AvgIpc) is 3.11. The minimum Gasteiger partial charge on any atom is -0.383 e. The van der Waals surface area contributed by atoms with Crippen LogP contribution in [0.4, 0.5) is 0 Å². The van der Waals surface area contributed by atoms with Crippen molar-refractivity contribution in [2.24, 2.45) is 17.6 Å². The summed E-state index contributed by atoms with van der Waals surface area (Å²) in [4.78, 5) is 4.92. The summed E-state index contributed by atoms with van der Waals surface area (Å²) in [6.45, 7) is 5.10. The third-order valence-electron chi connectivity index (χ3n) is 4.87. The van der Waals surface area contributed by atoms with E-state index in [1.807, 2.05) is 0 Å². The molecule has 4 nitrogen and oxygen atoms in total. The Labute approximate surface area is 111 Å². The van der Waals surface area contributed by atoms with Crippen molar-refractivity contribution in [1.82, 2.24) is 9.80 Å². The second-order valence-corrected chi connectivity index (χ2v) is 6.31. The van der Waals surface area contributed by atoms with Crippen molar-refractivity contribution in [3.8, 4) is 0 Å². The number of methoxy groups -OCH3 is 1. The number of likely N-dealkylation sites (N-methyl/N-ethyl adjacent to an activating group) is 1. The Kier molecular flexibility index (Phi) is 4.64. The summed E-state index contributed by atoms with van der Waals surface area (Å²) in [7, 11) is 6.25. The fourth-order valence-electron chi connectivity index (χ4n) is 3.54. The van der Waals surface area contributed by atoms with Crippen molar-refractivity contribution >= 4 is 0 Å². The number of rotatable bonds is 7. The van der Waals surface area contributed by atoms with E-state index in [1.54, 1.807) is 7.11 Å². The third-order valence-corrected chi connectivity index (χ3v) is 4.87. The molecule has 1 aliphatic carbocycles. The van der Waals surface area contributed by atoms with Crippen molar-refractivity contribution in [1.29, 1.82) is 0 Å². The first-order valence-electron chi connectivity index (χ1n) is 7.21. The standard InChI is InChI=1S/C14H29N3O/c1-16-7-6-12(8-16)9-17(2)14(10-15,11-18-3)13-4-5-13/h12-13H,4-11,15H2,1-3H3. The quantitative estimate of drug-likeness (QED) is 0.724. The summed E-state index contributed by atoms with van der Waals surface area (Å²) in [5, 5.41) is 0. The Hall–Kier alpha value is -0.160. The number of nitrogens with two attached hydrogens (primary N) is 1. The zero-order chi connectivity index (χ0) is 13.2. The van der Waals surface area contributed by atoms with Gasteiger partial charge in [-0.1, -0.05) is 0 Å². The van der Waals surface area contributed by atoms with Gasteiger partial charge in [0.1, 0.15) is 0 Å². The van der Waals surface area contributed by atoms with Gasteiger partial charge >= 0.3 is 0 Å². The van der Waals surface area contributed by atoms with E-state index >= 15 is 0 Å². The van der Waals surface area contributed by atoms with E-state index in [1.165, 1.54) is 32.4 Å². The third kappa shape index (κ3) is 2.87. The summed E-state index contributed by atoms with van der Waals surface area (Å²) >= 11 is 0. The molecule has 0 bridgehead atoms. The zero-order valence-corrected chi connectivity index (χ0v) is 12.2. The first-order valence-corrected chi connectivity index (χ1v) is 7.21. The van der Waals surface area contributed by atoms with Crippen molar-refractivity contribution in [3.63, 3.8) is 0 Å². The van der Waals surface area contributed by atoms with Gasteiger partial charge < -0.3 is 15.4 Å². The lowest BCUT2D eigenvalue weighted by Gasteiger charge is -2.42. The molecule has 4 heteroatoms. The maximum absolute atomic E-state index is 6.11. The smallest absolute Gasteiger partial charge is 0.0661 e. The van der Waals surface area contributed by atoms with Crippen molar-refractivity contribution < 1.29 is 4.74 Å². The van der Waals surface area contributed by atoms with E-state index in [4.69, 9.17) is 10.5 Å². The van der Waals surface area contributed by atoms with E-state index in [2.05, 4.69) is 23.9 Å². The molecule has 2 N–H and O–H groups in total. The van der Waals surface area contributed by atoms with Gasteiger partial charge in [-0.3, -0.25) is 4.90 Å². The largest absolute Gasteiger partial charge is 0.383 e. The number of nitrogens with zero attached hydrogens (tertiary/aromatic N) is 2. The molecule has 0 radical (unpaired) electrons. The molecule has 18 heavy (non-hydrogen) atoms. The van der Waals surface area contributed by atoms with Crippen LogP contribution >= 0.6 is 0 Å². The van der Waals surface area contributed by atoms with Crippen LogP contribution in [0.2, 0.25) is 0 Å². The minimum atomic E-state index is 0.0793. The number of likely N-dealkylation sites (tertiary alicyclic amines) is 1. The normalized spacial score (nSPS) is 28.8. The minimum absolute atomic E-state index is 0.0793. The zero-order valence-electron chi connectivity index (χ0n) is 12.2. The Morgan fingerprint density at radius 1 is 1.39 bits per heavy atom. The molecule has 2 aliphatic rings. The second kappa shape index (κ2) is 5.87. The SMILES string of the molecule is COCC(CN)(C1CC1)N(C)CC1CCN(C)C1. The van der Waals surface area contributed by atoms with Crippen LogP contribution in [0, 0.1) is 11.8 Å². The fourth-order valence-corrected chi connectivity index (χ4v) is 3.54. The van der Waals surface area contributed by atoms with Crippen LogP contribution in [0.5, 0.6) is 0 Å². The highest BCUT2D eigenvalue weighted by Crippen LogP contribution is 2.43. The molecule has 2 atom stereocenters. The second-order valence-electron chi connectivity index (χ2n) is 6.31. The van der Waals surface area contributed by atoms with Gasteiger partial charge in [-0.2, -0.15) is 0 Å². The lowest BCUT2D eigenvalue weighted by atomic mass is 9.91. The predicted molar refractivity (Wildman–Crippen MR) is 74.6 cm³/mol. The van der Waals surface area contributed by atoms with Crippen molar-refractivity contribution in [2.75, 3.05) is 54.0 Å². The molecular formula is C14H29N3O. The van der Waals surface area contributed by atoms with Crippen LogP contribution in [0.25, 0.3) is 0 Å². The van der Waals surface area contributed by atoms with Gasteiger partial charge in [0, 0.05) is 26.7 Å². The van der Waals surface area contributed by atoms with Crippen LogP contribution < -0.4 is 5.73 Å². The van der Waals surface area contributed by atoms with Crippen LogP contribution in [0.1, 0.15) is 19.3 Å². The Morgan fingerprint density at radius 2 is 2.11 bits per heavy atom. The lowest BCUT2D eigenvalue weighted by molar-refractivity contribution is 0.00762. The number of hydrogen-bond donors (Lipinski definition) is 1. The van der Waals surface area contributed by atoms with Crippen molar-refractivity contribution in [2.45, 2.75) is 24.8 Å². The van der Waals surface area contributed by atoms with E-state index < -0.39 is 0 Å². The van der Waals surface area contributed by atoms with Gasteiger partial charge in [0.05, 0.1) is 12.1 Å². The molecule has 0 amide bonds. The summed E-state index contributed by atoms with van der Waals surface area (Å²) in [5.74, 6) is 1.54. The van der Waals surface area contributed by atoms with E-state index in [0.717, 1.165) is 25.0 Å². The molecule has 2 rings (SSSR count). The lowest BCUT2D eigenvalue weighted by Crippen LogP contribution is -2.58. The van der Waals surface area contributed by atoms with Crippen LogP contribution in [-0.2, 0) is 4.74 Å². The molecule has 1 saturated heterocycles. The molecule has 1 aliphatic heterocycles. The summed E-state index contributed by atoms with van der Waals surface area (Å²) in [6, 6.07) is 0. The monoisotopic (exact) mass is 255 g/mol. The van der Waals surface area contributed by atoms with Crippen LogP contribution in [-0.4, -0.2) is 69.3 Å². The van der Waals surface area contributed by atoms with E-state index in [0.29, 0.717) is 6.54 Å². The predicted octanol–water partition coefficient (Wildman–Crippen LogP) is 0.624. The summed E-state index contributed by atoms with van der Waals surface area (Å²) in [5.41, 5.74) is 6.18. The summed E-state index contributed by atoms with van der Waals surface area (Å²) in [6.07, 6.45) is 3.95. The van der Waals surface area contributed by atoms with E-state index in [9.17, 15) is 0 Å². The first kappa shape index (κ1) is 14.3. The van der Waals surface area contributed by atoms with Gasteiger partial charge in [0.25, 0.3) is 0 Å². The van der Waals surface area contributed by atoms with Gasteiger partial charge in [-0.15, -0.1) is 0 Å². The average molecular weight is 255 g/mol. The maximum Gasteiger partial charge on any atom is 0.0661 e. The van der Waals surface area contributed by atoms with Gasteiger partial charge in [-0.05, 0) is 51.7 Å². The van der Waals surface area contributed by atoms with Crippen molar-refractivity contribution in [3.05, 3.63) is 0 Å². The molecule has 0 aromatic heterocycles. The highest BCUT2D eigenvalue weighted by Gasteiger charge is 2.47. The van der Waals surface area contributed by atoms with Crippen LogP contribution in [0.15, 0.2) is 0 Å². The van der Waals surface area contributed by atoms with Gasteiger partial charge in [0.15, 0.2) is 0 Å².